The molecule has 14 aliphatic rings. The van der Waals surface area contributed by atoms with E-state index in [0.29, 0.717) is 46.1 Å². The van der Waals surface area contributed by atoms with E-state index in [1.165, 1.54) is 60.7 Å². The first kappa shape index (κ1) is 96.3. The van der Waals surface area contributed by atoms with Gasteiger partial charge >= 0.3 is 0 Å². The minimum Gasteiger partial charge on any atom is -0.381 e. The summed E-state index contributed by atoms with van der Waals surface area (Å²) in [7, 11) is 7.61. The third-order valence-electron chi connectivity index (χ3n) is 28.8. The van der Waals surface area contributed by atoms with E-state index in [4.69, 9.17) is 125 Å². The van der Waals surface area contributed by atoms with Gasteiger partial charge in [-0.3, -0.25) is 47.9 Å². The molecular formula is C94H92Cl10F2N6O17. The van der Waals surface area contributed by atoms with Gasteiger partial charge in [0.2, 0.25) is 0 Å². The van der Waals surface area contributed by atoms with Crippen molar-refractivity contribution >= 4 is 203 Å². The van der Waals surface area contributed by atoms with Crippen molar-refractivity contribution in [3.05, 3.63) is 209 Å². The summed E-state index contributed by atoms with van der Waals surface area (Å²) < 4.78 is 39.7. The highest BCUT2D eigenvalue weighted by atomic mass is 35.5. The van der Waals surface area contributed by atoms with E-state index in [2.05, 4.69) is 45.6 Å². The average Bonchev–Trinajstić information content (AvgIpc) is 1.68. The van der Waals surface area contributed by atoms with Gasteiger partial charge in [-0.2, -0.15) is 0 Å². The summed E-state index contributed by atoms with van der Waals surface area (Å²) in [5, 5.41) is 69.8. The zero-order chi connectivity index (χ0) is 93.1. The van der Waals surface area contributed by atoms with Crippen LogP contribution < -0.4 is 26.6 Å². The molecule has 21 rings (SSSR count). The van der Waals surface area contributed by atoms with E-state index in [1.807, 2.05) is 0 Å². The summed E-state index contributed by atoms with van der Waals surface area (Å²) in [6.45, 7) is 0. The SMILES string of the molecule is CN(C)C12CCC(C(=O)C[C@@]3(O)C(=O)Nc4c(Cl)ccc(Cl)c43)(CC1)CC2.COC12CCC(C(=O)C[C@@]3(O)C(=O)Nc4c(Cl)ccc(Cl)c43)(CC1)CC2.COC1CCC(C(=O)C[C@@]2(O)C(=O)Nc3c(Cl)ccc(Cl)c32)CC1.O=C(C[C@@]1(O)C(=O)Nc2c(Cl)ccc(Cl)c21)c1ccc(C2CC2)cc1F.O=C(C[C@]1(O)C(=O)Nc2c(Cl)ccc(Cl)c21)c1ccc(C2CC2)cc1F. The summed E-state index contributed by atoms with van der Waals surface area (Å²) >= 11 is 61.3. The number of ketones is 5. The Hall–Kier alpha value is -7.32. The maximum Gasteiger partial charge on any atom is 0.261 e. The van der Waals surface area contributed by atoms with E-state index in [9.17, 15) is 82.3 Å². The number of methoxy groups -OCH3 is 2. The number of Topliss-reactive ketones (excluding diaryl/α,β-unsaturated/α-hetero) is 5. The lowest BCUT2D eigenvalue weighted by molar-refractivity contribution is -0.158. The van der Waals surface area contributed by atoms with Crippen LogP contribution in [0.15, 0.2) is 97.1 Å². The Balaban J connectivity index is 0.000000124. The summed E-state index contributed by atoms with van der Waals surface area (Å²) in [4.78, 5) is 129. The van der Waals surface area contributed by atoms with Crippen LogP contribution in [0, 0.1) is 28.4 Å². The van der Waals surface area contributed by atoms with Crippen LogP contribution >= 0.6 is 116 Å². The molecule has 7 aromatic carbocycles. The lowest BCUT2D eigenvalue weighted by Crippen LogP contribution is -2.56. The second-order valence-electron chi connectivity index (χ2n) is 36.3. The molecule has 684 valence electrons. The van der Waals surface area contributed by atoms with E-state index in [1.54, 1.807) is 50.6 Å². The van der Waals surface area contributed by atoms with Gasteiger partial charge in [0.05, 0.1) is 89.2 Å². The van der Waals surface area contributed by atoms with Crippen LogP contribution in [0.1, 0.15) is 232 Å². The minimum atomic E-state index is -2.20. The number of ether oxygens (including phenoxy) is 2. The van der Waals surface area contributed by atoms with Gasteiger partial charge in [-0.25, -0.2) is 8.78 Å². The van der Waals surface area contributed by atoms with Gasteiger partial charge in [-0.15, -0.1) is 0 Å². The molecule has 9 fully saturated rings. The third-order valence-corrected chi connectivity index (χ3v) is 32.0. The lowest BCUT2D eigenvalue weighted by Gasteiger charge is -2.55. The first-order chi connectivity index (χ1) is 60.9. The zero-order valence-corrected chi connectivity index (χ0v) is 77.9. The van der Waals surface area contributed by atoms with Gasteiger partial charge < -0.3 is 66.5 Å². The molecular weight excluding hydrogens is 1880 g/mol. The fourth-order valence-corrected chi connectivity index (χ4v) is 23.0. The highest BCUT2D eigenvalue weighted by Gasteiger charge is 2.61. The van der Waals surface area contributed by atoms with Gasteiger partial charge in [-0.1, -0.05) is 128 Å². The van der Waals surface area contributed by atoms with Crippen LogP contribution in [0.3, 0.4) is 0 Å². The molecule has 4 bridgehead atoms. The molecule has 9 saturated carbocycles. The predicted octanol–water partition coefficient (Wildman–Crippen LogP) is 19.7. The Morgan fingerprint density at radius 1 is 0.372 bits per heavy atom. The number of anilines is 5. The minimum absolute atomic E-state index is 0.0417. The number of amides is 5. The Morgan fingerprint density at radius 2 is 0.643 bits per heavy atom. The van der Waals surface area contributed by atoms with Crippen molar-refractivity contribution in [2.75, 3.05) is 54.9 Å². The number of nitrogens with one attached hydrogen (secondary N) is 5. The van der Waals surface area contributed by atoms with Crippen molar-refractivity contribution in [2.45, 2.75) is 218 Å². The number of benzene rings is 7. The maximum atomic E-state index is 14.4. The molecule has 5 heterocycles. The quantitative estimate of drug-likeness (QED) is 0.0317. The molecule has 23 nitrogen and oxygen atoms in total. The number of rotatable bonds is 20. The van der Waals surface area contributed by atoms with Crippen molar-refractivity contribution in [1.82, 2.24) is 4.90 Å². The van der Waals surface area contributed by atoms with Crippen molar-refractivity contribution < 1.29 is 91.7 Å². The van der Waals surface area contributed by atoms with Crippen LogP contribution in [-0.4, -0.2) is 134 Å². The molecule has 10 N–H and O–H groups in total. The Bertz CT molecular complexity index is 5670. The molecule has 9 aliphatic carbocycles. The van der Waals surface area contributed by atoms with E-state index in [0.717, 1.165) is 127 Å². The van der Waals surface area contributed by atoms with Crippen LogP contribution in [0.5, 0.6) is 0 Å². The van der Waals surface area contributed by atoms with E-state index >= 15 is 0 Å². The van der Waals surface area contributed by atoms with Crippen LogP contribution in [0.2, 0.25) is 50.2 Å². The molecule has 0 aromatic heterocycles. The summed E-state index contributed by atoms with van der Waals surface area (Å²) in [6.07, 6.45) is 15.2. The Kier molecular flexibility index (Phi) is 27.2. The largest absolute Gasteiger partial charge is 0.381 e. The van der Waals surface area contributed by atoms with Crippen molar-refractivity contribution in [1.29, 1.82) is 0 Å². The summed E-state index contributed by atoms with van der Waals surface area (Å²) in [5.74, 6) is -5.98. The second kappa shape index (κ2) is 36.5. The standard InChI is InChI=1S/C20H24Cl2N2O3.2C19H14Cl2FNO3.C19H21Cl2NO4.C17H19Cl2NO4/c1-24(2)19-8-5-18(6-9-19,7-10-19)14(25)11-20(27)15-12(21)3-4-13(22)16(15)23-17(20)26;2*20-12-5-6-13(21)17-16(12)19(26,18(25)23-17)8-15(24)11-4-3-10(7-14(11)22)9-1-2-9;1-26-18-7-4-17(5-8-18,6-9-18)13(23)10-19(25)14-11(20)2-3-12(21)15(14)22-16(19)24;1-24-10-4-2-9(3-5-10)13(21)8-17(23)14-11(18)6-7-12(19)15(14)20-16(17)22/h3-4,27H,5-11H2,1-2H3,(H,23,26);2*3-7,9,26H,1-2,8H2,(H,23,25);2-3,25H,4-10H2,1H3,(H,22,24);6-7,9-10,23H,2-5,8H2,1H3,(H,20,22)/t18?,19?,20-;2*19-;17?,18?,19-;9?,10?,17-/m01000/s1. The molecule has 5 atom stereocenters. The third kappa shape index (κ3) is 17.7. The van der Waals surface area contributed by atoms with E-state index < -0.39 is 104 Å². The number of nitrogens with zero attached hydrogens (tertiary/aromatic N) is 1. The molecule has 0 spiro atoms. The first-order valence-corrected chi connectivity index (χ1v) is 46.3. The number of carbonyl (C=O) groups excluding carboxylic acids is 10. The Morgan fingerprint density at radius 3 is 0.907 bits per heavy atom. The first-order valence-electron chi connectivity index (χ1n) is 42.5. The average molecular weight is 1970 g/mol. The summed E-state index contributed by atoms with van der Waals surface area (Å²) in [5.41, 5.74) is -7.82. The van der Waals surface area contributed by atoms with Crippen LogP contribution in [-0.2, 0) is 75.8 Å². The number of aliphatic hydroxyl groups is 5. The molecule has 0 saturated heterocycles. The van der Waals surface area contributed by atoms with Gasteiger partial charge in [-0.05, 0) is 250 Å². The number of hydrogen-bond donors (Lipinski definition) is 10. The zero-order valence-electron chi connectivity index (χ0n) is 70.3. The van der Waals surface area contributed by atoms with Gasteiger partial charge in [0.15, 0.2) is 39.6 Å². The van der Waals surface area contributed by atoms with Crippen LogP contribution in [0.4, 0.5) is 37.2 Å². The number of fused-ring (bicyclic) bond motifs is 11. The van der Waals surface area contributed by atoms with Crippen LogP contribution in [0.25, 0.3) is 0 Å². The topological polar surface area (TPSA) is 354 Å². The van der Waals surface area contributed by atoms with E-state index in [-0.39, 0.29) is 156 Å². The van der Waals surface area contributed by atoms with Crippen molar-refractivity contribution in [3.63, 3.8) is 0 Å². The number of halogens is 12. The van der Waals surface area contributed by atoms with Crippen molar-refractivity contribution in [3.8, 4) is 0 Å². The predicted molar refractivity (Wildman–Crippen MR) is 488 cm³/mol. The Labute approximate surface area is 791 Å². The maximum absolute atomic E-state index is 14.4. The fraction of sp³-hybridized carbons (Fsp3) is 0.447. The molecule has 35 heteroatoms. The molecule has 7 aromatic rings. The van der Waals surface area contributed by atoms with Gasteiger partial charge in [0.1, 0.15) is 29.0 Å². The fourth-order valence-electron chi connectivity index (χ4n) is 20.4. The summed E-state index contributed by atoms with van der Waals surface area (Å²) in [6, 6.07) is 24.0. The highest BCUT2D eigenvalue weighted by Crippen LogP contribution is 2.60. The number of hydrogen-bond acceptors (Lipinski definition) is 18. The normalized spacial score (nSPS) is 28.5. The molecule has 129 heavy (non-hydrogen) atoms. The molecule has 0 radical (unpaired) electrons. The highest BCUT2D eigenvalue weighted by molar-refractivity contribution is 6.42. The molecule has 0 unspecified atom stereocenters. The van der Waals surface area contributed by atoms with Gasteiger partial charge in [0, 0.05) is 109 Å². The smallest absolute Gasteiger partial charge is 0.261 e. The monoisotopic (exact) mass is 1960 g/mol. The lowest BCUT2D eigenvalue weighted by atomic mass is 9.54. The van der Waals surface area contributed by atoms with Crippen molar-refractivity contribution in [2.24, 2.45) is 16.7 Å². The second-order valence-corrected chi connectivity index (χ2v) is 40.4. The van der Waals surface area contributed by atoms with Gasteiger partial charge in [0.25, 0.3) is 29.5 Å². The molecule has 5 amide bonds. The number of carbonyl (C=O) groups is 10. The molecule has 5 aliphatic heterocycles.